The van der Waals surface area contributed by atoms with Crippen LogP contribution in [0, 0.1) is 6.92 Å². The zero-order valence-corrected chi connectivity index (χ0v) is 12.2. The van der Waals surface area contributed by atoms with Gasteiger partial charge in [0.15, 0.2) is 0 Å². The van der Waals surface area contributed by atoms with E-state index in [4.69, 9.17) is 0 Å². The van der Waals surface area contributed by atoms with Gasteiger partial charge in [0.05, 0.1) is 0 Å². The molecule has 0 bridgehead atoms. The molecule has 0 aliphatic heterocycles. The minimum atomic E-state index is -0.620. The van der Waals surface area contributed by atoms with Gasteiger partial charge in [0.1, 0.15) is 0 Å². The molecule has 0 spiro atoms. The Morgan fingerprint density at radius 3 is 2.10 bits per heavy atom. The molecule has 0 aromatic heterocycles. The van der Waals surface area contributed by atoms with Crippen LogP contribution in [0.15, 0.2) is 53.4 Å². The number of amides is 1. The lowest BCUT2D eigenvalue weighted by atomic mass is 10.1. The summed E-state index contributed by atoms with van der Waals surface area (Å²) in [6.07, 6.45) is 1.98. The van der Waals surface area contributed by atoms with Gasteiger partial charge in [-0.2, -0.15) is 0 Å². The van der Waals surface area contributed by atoms with Crippen LogP contribution in [-0.4, -0.2) is 17.9 Å². The van der Waals surface area contributed by atoms with Crippen molar-refractivity contribution in [2.24, 2.45) is 0 Å². The molecule has 4 heteroatoms. The number of hydrogen-bond donors (Lipinski definition) is 1. The van der Waals surface area contributed by atoms with Crippen LogP contribution in [0.2, 0.25) is 0 Å². The Morgan fingerprint density at radius 1 is 0.950 bits per heavy atom. The van der Waals surface area contributed by atoms with Crippen molar-refractivity contribution in [2.45, 2.75) is 11.8 Å². The van der Waals surface area contributed by atoms with E-state index in [1.165, 1.54) is 0 Å². The van der Waals surface area contributed by atoms with Gasteiger partial charge in [-0.1, -0.05) is 29.8 Å². The predicted molar refractivity (Wildman–Crippen MR) is 82.4 cm³/mol. The molecule has 20 heavy (non-hydrogen) atoms. The van der Waals surface area contributed by atoms with Crippen LogP contribution in [-0.2, 0) is 4.79 Å². The molecule has 2 rings (SSSR count). The van der Waals surface area contributed by atoms with Gasteiger partial charge in [-0.25, -0.2) is 0 Å². The van der Waals surface area contributed by atoms with Crippen LogP contribution in [0.1, 0.15) is 15.9 Å². The molecule has 0 saturated heterocycles. The second-order valence-electron chi connectivity index (χ2n) is 4.38. The minimum absolute atomic E-state index is 0.397. The van der Waals surface area contributed by atoms with Crippen molar-refractivity contribution in [2.75, 3.05) is 11.6 Å². The molecule has 0 heterocycles. The monoisotopic (exact) mass is 285 g/mol. The number of anilines is 1. The number of carbonyl (C=O) groups excluding carboxylic acids is 2. The highest BCUT2D eigenvalue weighted by molar-refractivity contribution is 7.98. The summed E-state index contributed by atoms with van der Waals surface area (Å²) in [5.74, 6) is -1.15. The first-order valence-corrected chi connectivity index (χ1v) is 7.39. The molecule has 0 saturated carbocycles. The molecular weight excluding hydrogens is 270 g/mol. The fourth-order valence-corrected chi connectivity index (χ4v) is 2.11. The topological polar surface area (TPSA) is 46.2 Å². The minimum Gasteiger partial charge on any atom is -0.319 e. The van der Waals surface area contributed by atoms with Crippen LogP contribution in [0.4, 0.5) is 5.69 Å². The van der Waals surface area contributed by atoms with Crippen LogP contribution in [0.25, 0.3) is 0 Å². The van der Waals surface area contributed by atoms with Gasteiger partial charge in [-0.15, -0.1) is 11.8 Å². The zero-order valence-electron chi connectivity index (χ0n) is 11.3. The van der Waals surface area contributed by atoms with E-state index < -0.39 is 11.7 Å². The van der Waals surface area contributed by atoms with Crippen molar-refractivity contribution in [3.8, 4) is 0 Å². The predicted octanol–water partition coefficient (Wildman–Crippen LogP) is 3.54. The van der Waals surface area contributed by atoms with Crippen LogP contribution >= 0.6 is 11.8 Å². The van der Waals surface area contributed by atoms with Crippen molar-refractivity contribution in [3.05, 3.63) is 59.7 Å². The molecule has 102 valence electrons. The maximum atomic E-state index is 12.0. The summed E-state index contributed by atoms with van der Waals surface area (Å²) in [4.78, 5) is 25.0. The zero-order chi connectivity index (χ0) is 14.5. The van der Waals surface area contributed by atoms with Crippen molar-refractivity contribution in [1.29, 1.82) is 0 Å². The molecule has 1 N–H and O–H groups in total. The lowest BCUT2D eigenvalue weighted by molar-refractivity contribution is -0.112. The summed E-state index contributed by atoms with van der Waals surface area (Å²) in [7, 11) is 0. The number of thioether (sulfide) groups is 1. The first-order valence-electron chi connectivity index (χ1n) is 6.16. The first-order chi connectivity index (χ1) is 9.60. The van der Waals surface area contributed by atoms with Gasteiger partial charge in [-0.05, 0) is 37.4 Å². The number of carbonyl (C=O) groups is 2. The molecule has 0 fully saturated rings. The number of ketones is 1. The second-order valence-corrected chi connectivity index (χ2v) is 5.26. The van der Waals surface area contributed by atoms with Gasteiger partial charge in [0.2, 0.25) is 0 Å². The van der Waals surface area contributed by atoms with Crippen molar-refractivity contribution in [3.63, 3.8) is 0 Å². The summed E-state index contributed by atoms with van der Waals surface area (Å²) in [6, 6.07) is 14.3. The SMILES string of the molecule is CSc1ccc(NC(=O)C(=O)c2ccc(C)cc2)cc1. The van der Waals surface area contributed by atoms with Gasteiger partial charge >= 0.3 is 0 Å². The standard InChI is InChI=1S/C16H15NO2S/c1-11-3-5-12(6-4-11)15(18)16(19)17-13-7-9-14(20-2)10-8-13/h3-10H,1-2H3,(H,17,19). The van der Waals surface area contributed by atoms with Gasteiger partial charge in [0.25, 0.3) is 11.7 Å². The molecule has 0 aliphatic carbocycles. The summed E-state index contributed by atoms with van der Waals surface area (Å²) in [6.45, 7) is 1.93. The van der Waals surface area contributed by atoms with Crippen molar-refractivity contribution >= 4 is 29.1 Å². The molecule has 1 amide bonds. The summed E-state index contributed by atoms with van der Waals surface area (Å²) < 4.78 is 0. The number of Topliss-reactive ketones (excluding diaryl/α,β-unsaturated/α-hetero) is 1. The quantitative estimate of drug-likeness (QED) is 0.531. The summed E-state index contributed by atoms with van der Waals surface area (Å²) in [5, 5.41) is 2.61. The largest absolute Gasteiger partial charge is 0.319 e. The molecule has 2 aromatic rings. The third-order valence-corrected chi connectivity index (χ3v) is 3.61. The highest BCUT2D eigenvalue weighted by Crippen LogP contribution is 2.17. The first kappa shape index (κ1) is 14.3. The lowest BCUT2D eigenvalue weighted by Crippen LogP contribution is -2.22. The van der Waals surface area contributed by atoms with Crippen molar-refractivity contribution < 1.29 is 9.59 Å². The fourth-order valence-electron chi connectivity index (χ4n) is 1.70. The Balaban J connectivity index is 2.07. The number of aryl methyl sites for hydroxylation is 1. The smallest absolute Gasteiger partial charge is 0.296 e. The molecule has 0 unspecified atom stereocenters. The Morgan fingerprint density at radius 2 is 1.55 bits per heavy atom. The van der Waals surface area contributed by atoms with E-state index in [9.17, 15) is 9.59 Å². The highest BCUT2D eigenvalue weighted by atomic mass is 32.2. The average Bonchev–Trinajstić information content (AvgIpc) is 2.48. The number of rotatable bonds is 4. The van der Waals surface area contributed by atoms with E-state index in [1.807, 2.05) is 37.4 Å². The highest BCUT2D eigenvalue weighted by Gasteiger charge is 2.15. The molecule has 0 aliphatic rings. The van der Waals surface area contributed by atoms with E-state index >= 15 is 0 Å². The maximum absolute atomic E-state index is 12.0. The summed E-state index contributed by atoms with van der Waals surface area (Å²) in [5.41, 5.74) is 2.07. The van der Waals surface area contributed by atoms with Crippen LogP contribution in [0.3, 0.4) is 0 Å². The summed E-state index contributed by atoms with van der Waals surface area (Å²) >= 11 is 1.62. The number of hydrogen-bond acceptors (Lipinski definition) is 3. The van der Waals surface area contributed by atoms with Gasteiger partial charge in [0, 0.05) is 16.1 Å². The number of nitrogens with one attached hydrogen (secondary N) is 1. The fraction of sp³-hybridized carbons (Fsp3) is 0.125. The molecule has 0 radical (unpaired) electrons. The van der Waals surface area contributed by atoms with E-state index in [0.717, 1.165) is 10.5 Å². The van der Waals surface area contributed by atoms with E-state index in [1.54, 1.807) is 36.0 Å². The maximum Gasteiger partial charge on any atom is 0.296 e. The molecule has 2 aromatic carbocycles. The van der Waals surface area contributed by atoms with Crippen LogP contribution < -0.4 is 5.32 Å². The lowest BCUT2D eigenvalue weighted by Gasteiger charge is -2.05. The Labute approximate surface area is 122 Å². The van der Waals surface area contributed by atoms with Gasteiger partial charge in [-0.3, -0.25) is 9.59 Å². The Kier molecular flexibility index (Phi) is 4.58. The van der Waals surface area contributed by atoms with Crippen LogP contribution in [0.5, 0.6) is 0 Å². The van der Waals surface area contributed by atoms with E-state index in [0.29, 0.717) is 11.3 Å². The molecular formula is C16H15NO2S. The number of benzene rings is 2. The normalized spacial score (nSPS) is 10.1. The molecule has 0 atom stereocenters. The Bertz CT molecular complexity index is 618. The van der Waals surface area contributed by atoms with Crippen molar-refractivity contribution in [1.82, 2.24) is 0 Å². The second kappa shape index (κ2) is 6.39. The Hall–Kier alpha value is -2.07. The van der Waals surface area contributed by atoms with E-state index in [-0.39, 0.29) is 0 Å². The average molecular weight is 285 g/mol. The third kappa shape index (κ3) is 3.48. The third-order valence-electron chi connectivity index (χ3n) is 2.87. The molecule has 3 nitrogen and oxygen atoms in total. The van der Waals surface area contributed by atoms with E-state index in [2.05, 4.69) is 5.32 Å². The van der Waals surface area contributed by atoms with Gasteiger partial charge < -0.3 is 5.32 Å².